The first kappa shape index (κ1) is 34.1. The van der Waals surface area contributed by atoms with E-state index >= 15 is 4.39 Å². The van der Waals surface area contributed by atoms with Crippen LogP contribution in [0.15, 0.2) is 60.8 Å². The van der Waals surface area contributed by atoms with Gasteiger partial charge in [-0.2, -0.15) is 4.98 Å². The smallest absolute Gasteiger partial charge is 0.262 e. The standard InChI is InChI=1S/C36H43ClFN7O2/c1-6-44(7-2)16-15-26-11-14-32(29(37)21-26)47-35-28(34(46)41-33-24(3)9-8-10-25(33)4)23-39-36(42-35)40-27-12-13-31(30(38)22-27)45-19-17-43(5)18-20-45/h8-14,21-23H,6-7,15-20H2,1-5H3,(H,41,46)(H,39,40,42). The van der Waals surface area contributed by atoms with Crippen molar-refractivity contribution in [3.05, 3.63) is 93.9 Å². The Balaban J connectivity index is 1.41. The number of nitrogens with zero attached hydrogens (tertiary/aromatic N) is 5. The summed E-state index contributed by atoms with van der Waals surface area (Å²) in [5.74, 6) is -0.264. The van der Waals surface area contributed by atoms with Crippen molar-refractivity contribution in [2.75, 3.05) is 68.4 Å². The number of nitrogens with one attached hydrogen (secondary N) is 2. The van der Waals surface area contributed by atoms with Gasteiger partial charge in [-0.1, -0.05) is 49.7 Å². The molecule has 3 aromatic carbocycles. The van der Waals surface area contributed by atoms with Crippen molar-refractivity contribution in [3.63, 3.8) is 0 Å². The Morgan fingerprint density at radius 3 is 2.40 bits per heavy atom. The lowest BCUT2D eigenvalue weighted by Crippen LogP contribution is -2.44. The lowest BCUT2D eigenvalue weighted by molar-refractivity contribution is 0.102. The molecular weight excluding hydrogens is 617 g/mol. The summed E-state index contributed by atoms with van der Waals surface area (Å²) in [5.41, 5.74) is 4.77. The van der Waals surface area contributed by atoms with Gasteiger partial charge in [0.1, 0.15) is 17.1 Å². The Bertz CT molecular complexity index is 1690. The molecule has 11 heteroatoms. The molecule has 1 aliphatic rings. The van der Waals surface area contributed by atoms with Crippen LogP contribution >= 0.6 is 11.6 Å². The maximum absolute atomic E-state index is 15.2. The normalized spacial score (nSPS) is 13.6. The molecule has 0 unspecified atom stereocenters. The predicted molar refractivity (Wildman–Crippen MR) is 188 cm³/mol. The molecule has 1 amide bonds. The Hall–Kier alpha value is -4.25. The summed E-state index contributed by atoms with van der Waals surface area (Å²) in [5, 5.41) is 6.45. The third-order valence-electron chi connectivity index (χ3n) is 8.58. The summed E-state index contributed by atoms with van der Waals surface area (Å²) in [6, 6.07) is 16.4. The quantitative estimate of drug-likeness (QED) is 0.164. The summed E-state index contributed by atoms with van der Waals surface area (Å²) in [7, 11) is 2.06. The highest BCUT2D eigenvalue weighted by atomic mass is 35.5. The highest BCUT2D eigenvalue weighted by Gasteiger charge is 2.21. The Morgan fingerprint density at radius 1 is 1.02 bits per heavy atom. The lowest BCUT2D eigenvalue weighted by Gasteiger charge is -2.34. The second-order valence-corrected chi connectivity index (χ2v) is 12.3. The van der Waals surface area contributed by atoms with E-state index in [0.29, 0.717) is 27.8 Å². The number of likely N-dealkylation sites (N-methyl/N-ethyl adjacent to an activating group) is 2. The minimum Gasteiger partial charge on any atom is -0.436 e. The highest BCUT2D eigenvalue weighted by molar-refractivity contribution is 6.32. The number of aromatic nitrogens is 2. The van der Waals surface area contributed by atoms with Gasteiger partial charge in [0.25, 0.3) is 5.91 Å². The predicted octanol–water partition coefficient (Wildman–Crippen LogP) is 7.31. The molecule has 0 aliphatic carbocycles. The van der Waals surface area contributed by atoms with E-state index in [1.54, 1.807) is 18.2 Å². The van der Waals surface area contributed by atoms with Crippen molar-refractivity contribution >= 4 is 40.5 Å². The number of hydrogen-bond donors (Lipinski definition) is 2. The number of para-hydroxylation sites is 1. The molecule has 2 N–H and O–H groups in total. The van der Waals surface area contributed by atoms with Gasteiger partial charge in [-0.15, -0.1) is 0 Å². The third kappa shape index (κ3) is 8.57. The van der Waals surface area contributed by atoms with Crippen LogP contribution < -0.4 is 20.3 Å². The number of aryl methyl sites for hydroxylation is 2. The van der Waals surface area contributed by atoms with Gasteiger partial charge in [0.05, 0.1) is 10.7 Å². The fraction of sp³-hybridized carbons (Fsp3) is 0.361. The van der Waals surface area contributed by atoms with Gasteiger partial charge in [-0.3, -0.25) is 4.79 Å². The van der Waals surface area contributed by atoms with Crippen LogP contribution in [0, 0.1) is 19.7 Å². The van der Waals surface area contributed by atoms with E-state index in [1.807, 2.05) is 49.1 Å². The van der Waals surface area contributed by atoms with Gasteiger partial charge in [-0.05, 0) is 87.4 Å². The average Bonchev–Trinajstić information content (AvgIpc) is 3.05. The van der Waals surface area contributed by atoms with Crippen LogP contribution in [0.25, 0.3) is 0 Å². The first-order chi connectivity index (χ1) is 22.6. The Labute approximate surface area is 281 Å². The zero-order chi connectivity index (χ0) is 33.5. The SMILES string of the molecule is CCN(CC)CCc1ccc(Oc2nc(Nc3ccc(N4CCN(C)CC4)c(F)c3)ncc2C(=O)Nc2c(C)cccc2C)c(Cl)c1. The molecule has 1 fully saturated rings. The summed E-state index contributed by atoms with van der Waals surface area (Å²) in [6.45, 7) is 14.3. The molecule has 47 heavy (non-hydrogen) atoms. The molecule has 5 rings (SSSR count). The van der Waals surface area contributed by atoms with Crippen LogP contribution in [-0.4, -0.2) is 78.5 Å². The second kappa shape index (κ2) is 15.6. The number of rotatable bonds is 12. The van der Waals surface area contributed by atoms with Crippen molar-refractivity contribution < 1.29 is 13.9 Å². The minimum absolute atomic E-state index is 0.0126. The highest BCUT2D eigenvalue weighted by Crippen LogP contribution is 2.33. The number of benzene rings is 3. The van der Waals surface area contributed by atoms with E-state index in [0.717, 1.165) is 68.9 Å². The van der Waals surface area contributed by atoms with E-state index in [9.17, 15) is 4.79 Å². The number of carbonyl (C=O) groups excluding carboxylic acids is 1. The number of ether oxygens (including phenoxy) is 1. The maximum Gasteiger partial charge on any atom is 0.262 e. The van der Waals surface area contributed by atoms with E-state index in [-0.39, 0.29) is 23.2 Å². The lowest BCUT2D eigenvalue weighted by atomic mass is 10.1. The summed E-state index contributed by atoms with van der Waals surface area (Å²) >= 11 is 6.69. The summed E-state index contributed by atoms with van der Waals surface area (Å²) in [4.78, 5) is 29.2. The molecule has 0 radical (unpaired) electrons. The topological polar surface area (TPSA) is 85.9 Å². The molecule has 248 valence electrons. The average molecular weight is 660 g/mol. The van der Waals surface area contributed by atoms with Gasteiger partial charge in [0, 0.05) is 50.3 Å². The summed E-state index contributed by atoms with van der Waals surface area (Å²) in [6.07, 6.45) is 2.24. The minimum atomic E-state index is -0.432. The van der Waals surface area contributed by atoms with E-state index < -0.39 is 5.91 Å². The molecule has 9 nitrogen and oxygen atoms in total. The molecule has 1 aliphatic heterocycles. The number of hydrogen-bond acceptors (Lipinski definition) is 8. The Kier molecular flexibility index (Phi) is 11.3. The molecule has 0 spiro atoms. The largest absolute Gasteiger partial charge is 0.436 e. The van der Waals surface area contributed by atoms with Gasteiger partial charge in [-0.25, -0.2) is 9.37 Å². The second-order valence-electron chi connectivity index (χ2n) is 11.9. The van der Waals surface area contributed by atoms with Gasteiger partial charge in [0.2, 0.25) is 11.8 Å². The van der Waals surface area contributed by atoms with E-state index in [1.165, 1.54) is 12.3 Å². The van der Waals surface area contributed by atoms with Crippen LogP contribution in [0.2, 0.25) is 5.02 Å². The number of halogens is 2. The molecule has 1 saturated heterocycles. The number of piperazine rings is 1. The van der Waals surface area contributed by atoms with Crippen LogP contribution in [0.4, 0.5) is 27.4 Å². The zero-order valence-corrected chi connectivity index (χ0v) is 28.5. The van der Waals surface area contributed by atoms with Crippen molar-refractivity contribution in [1.82, 2.24) is 19.8 Å². The van der Waals surface area contributed by atoms with Gasteiger partial charge in [0.15, 0.2) is 0 Å². The molecule has 0 bridgehead atoms. The first-order valence-corrected chi connectivity index (χ1v) is 16.5. The van der Waals surface area contributed by atoms with Gasteiger partial charge < -0.3 is 30.1 Å². The molecule has 1 aromatic heterocycles. The molecule has 0 atom stereocenters. The Morgan fingerprint density at radius 2 is 1.74 bits per heavy atom. The van der Waals surface area contributed by atoms with Crippen molar-refractivity contribution in [1.29, 1.82) is 0 Å². The fourth-order valence-corrected chi connectivity index (χ4v) is 5.83. The van der Waals surface area contributed by atoms with E-state index in [4.69, 9.17) is 16.3 Å². The molecular formula is C36H43ClFN7O2. The first-order valence-electron chi connectivity index (χ1n) is 16.1. The maximum atomic E-state index is 15.2. The molecule has 4 aromatic rings. The van der Waals surface area contributed by atoms with E-state index in [2.05, 4.69) is 51.3 Å². The third-order valence-corrected chi connectivity index (χ3v) is 8.88. The molecule has 2 heterocycles. The number of amides is 1. The monoisotopic (exact) mass is 659 g/mol. The van der Waals surface area contributed by atoms with Crippen LogP contribution in [0.5, 0.6) is 11.6 Å². The van der Waals surface area contributed by atoms with Crippen molar-refractivity contribution in [3.8, 4) is 11.6 Å². The number of anilines is 4. The van der Waals surface area contributed by atoms with Crippen LogP contribution in [-0.2, 0) is 6.42 Å². The fourth-order valence-electron chi connectivity index (χ4n) is 5.58. The zero-order valence-electron chi connectivity index (χ0n) is 27.7. The number of carbonyl (C=O) groups is 1. The van der Waals surface area contributed by atoms with Crippen molar-refractivity contribution in [2.24, 2.45) is 0 Å². The molecule has 0 saturated carbocycles. The van der Waals surface area contributed by atoms with Gasteiger partial charge >= 0.3 is 0 Å². The summed E-state index contributed by atoms with van der Waals surface area (Å²) < 4.78 is 21.4. The van der Waals surface area contributed by atoms with Crippen LogP contribution in [0.3, 0.4) is 0 Å². The van der Waals surface area contributed by atoms with Crippen LogP contribution in [0.1, 0.15) is 40.9 Å². The van der Waals surface area contributed by atoms with Crippen molar-refractivity contribution in [2.45, 2.75) is 34.1 Å².